The van der Waals surface area contributed by atoms with Gasteiger partial charge in [0.1, 0.15) is 5.65 Å². The highest BCUT2D eigenvalue weighted by molar-refractivity contribution is 6.08. The summed E-state index contributed by atoms with van der Waals surface area (Å²) in [7, 11) is 0. The Labute approximate surface area is 90.1 Å². The lowest BCUT2D eigenvalue weighted by molar-refractivity contribution is 0.458. The van der Waals surface area contributed by atoms with E-state index in [0.717, 1.165) is 27.5 Å². The molecule has 4 rings (SSSR count). The zero-order valence-corrected chi connectivity index (χ0v) is 8.29. The lowest BCUT2D eigenvalue weighted by Gasteiger charge is -2.01. The maximum Gasteiger partial charge on any atom is 0.179 e. The number of hydrogen-bond acceptors (Lipinski definition) is 3. The Morgan fingerprint density at radius 1 is 1.12 bits per heavy atom. The molecule has 0 atom stereocenters. The zero-order valence-electron chi connectivity index (χ0n) is 8.29. The number of benzene rings is 1. The van der Waals surface area contributed by atoms with Crippen LogP contribution in [0.3, 0.4) is 0 Å². The molecule has 0 N–H and O–H groups in total. The summed E-state index contributed by atoms with van der Waals surface area (Å²) in [6.45, 7) is 0. The number of rotatable bonds is 0. The molecule has 0 radical (unpaired) electrons. The van der Waals surface area contributed by atoms with Gasteiger partial charge in [0.15, 0.2) is 5.58 Å². The van der Waals surface area contributed by atoms with Crippen LogP contribution in [-0.2, 0) is 0 Å². The molecule has 0 amide bonds. The Balaban J connectivity index is 2.51. The number of fused-ring (bicyclic) bond motifs is 6. The van der Waals surface area contributed by atoms with Crippen LogP contribution in [0.2, 0.25) is 0 Å². The SMILES string of the molecule is c1ccc2c(c1)c1oncc1c1nccn21. The van der Waals surface area contributed by atoms with Crippen LogP contribution in [0.4, 0.5) is 0 Å². The molecule has 3 heterocycles. The van der Waals surface area contributed by atoms with Gasteiger partial charge in [-0.3, -0.25) is 4.40 Å². The fraction of sp³-hybridized carbons (Fsp3) is 0. The van der Waals surface area contributed by atoms with Gasteiger partial charge in [-0.1, -0.05) is 17.3 Å². The monoisotopic (exact) mass is 209 g/mol. The van der Waals surface area contributed by atoms with Crippen LogP contribution in [0.1, 0.15) is 0 Å². The molecule has 1 aromatic carbocycles. The van der Waals surface area contributed by atoms with Crippen LogP contribution in [0.25, 0.3) is 27.5 Å². The first-order valence-electron chi connectivity index (χ1n) is 5.03. The Hall–Kier alpha value is -2.36. The van der Waals surface area contributed by atoms with Crippen LogP contribution >= 0.6 is 0 Å². The number of imidazole rings is 1. The summed E-state index contributed by atoms with van der Waals surface area (Å²) in [5.74, 6) is 0. The van der Waals surface area contributed by atoms with Crippen molar-refractivity contribution < 1.29 is 4.52 Å². The van der Waals surface area contributed by atoms with E-state index in [1.165, 1.54) is 0 Å². The molecular formula is C12H7N3O. The molecule has 0 bridgehead atoms. The Morgan fingerprint density at radius 2 is 2.06 bits per heavy atom. The highest BCUT2D eigenvalue weighted by Crippen LogP contribution is 2.27. The topological polar surface area (TPSA) is 43.3 Å². The van der Waals surface area contributed by atoms with E-state index in [1.54, 1.807) is 12.4 Å². The second-order valence-corrected chi connectivity index (χ2v) is 3.71. The Morgan fingerprint density at radius 3 is 3.06 bits per heavy atom. The molecule has 0 aliphatic carbocycles. The standard InChI is InChI=1S/C12H7N3O/c1-2-4-10-8(3-1)11-9(7-14-16-11)12-13-5-6-15(10)12/h1-7H. The van der Waals surface area contributed by atoms with Gasteiger partial charge in [-0.05, 0) is 12.1 Å². The van der Waals surface area contributed by atoms with E-state index < -0.39 is 0 Å². The molecule has 0 unspecified atom stereocenters. The summed E-state index contributed by atoms with van der Waals surface area (Å²) in [5.41, 5.74) is 2.77. The van der Waals surface area contributed by atoms with Crippen LogP contribution < -0.4 is 0 Å². The predicted octanol–water partition coefficient (Wildman–Crippen LogP) is 2.63. The Kier molecular flexibility index (Phi) is 1.28. The van der Waals surface area contributed by atoms with Crippen molar-refractivity contribution in [2.45, 2.75) is 0 Å². The molecular weight excluding hydrogens is 202 g/mol. The smallest absolute Gasteiger partial charge is 0.179 e. The molecule has 76 valence electrons. The van der Waals surface area contributed by atoms with E-state index in [9.17, 15) is 0 Å². The van der Waals surface area contributed by atoms with Crippen molar-refractivity contribution >= 4 is 27.5 Å². The molecule has 0 saturated carbocycles. The van der Waals surface area contributed by atoms with Crippen LogP contribution in [-0.4, -0.2) is 14.5 Å². The van der Waals surface area contributed by atoms with E-state index in [0.29, 0.717) is 0 Å². The third-order valence-corrected chi connectivity index (χ3v) is 2.86. The molecule has 0 fully saturated rings. The van der Waals surface area contributed by atoms with Crippen molar-refractivity contribution in [2.75, 3.05) is 0 Å². The maximum atomic E-state index is 5.31. The van der Waals surface area contributed by atoms with Gasteiger partial charge in [-0.2, -0.15) is 0 Å². The summed E-state index contributed by atoms with van der Waals surface area (Å²) in [6.07, 6.45) is 5.45. The first-order valence-corrected chi connectivity index (χ1v) is 5.03. The maximum absolute atomic E-state index is 5.31. The van der Waals surface area contributed by atoms with E-state index in [4.69, 9.17) is 4.52 Å². The van der Waals surface area contributed by atoms with Gasteiger partial charge in [0.2, 0.25) is 0 Å². The molecule has 0 spiro atoms. The minimum atomic E-state index is 0.800. The van der Waals surface area contributed by atoms with Gasteiger partial charge in [0.05, 0.1) is 17.1 Å². The van der Waals surface area contributed by atoms with E-state index in [2.05, 4.69) is 14.5 Å². The van der Waals surface area contributed by atoms with Crippen LogP contribution in [0, 0.1) is 0 Å². The van der Waals surface area contributed by atoms with Gasteiger partial charge >= 0.3 is 0 Å². The summed E-state index contributed by atoms with van der Waals surface area (Å²) >= 11 is 0. The summed E-state index contributed by atoms with van der Waals surface area (Å²) in [4.78, 5) is 4.33. The van der Waals surface area contributed by atoms with E-state index >= 15 is 0 Å². The van der Waals surface area contributed by atoms with Gasteiger partial charge in [-0.25, -0.2) is 4.98 Å². The number of aromatic nitrogens is 3. The molecule has 4 nitrogen and oxygen atoms in total. The Bertz CT molecular complexity index is 744. The number of pyridine rings is 1. The predicted molar refractivity (Wildman–Crippen MR) is 60.3 cm³/mol. The molecule has 3 aromatic heterocycles. The van der Waals surface area contributed by atoms with E-state index in [1.807, 2.05) is 30.5 Å². The first-order chi connectivity index (χ1) is 7.95. The van der Waals surface area contributed by atoms with Crippen LogP contribution in [0.5, 0.6) is 0 Å². The summed E-state index contributed by atoms with van der Waals surface area (Å²) < 4.78 is 7.36. The fourth-order valence-corrected chi connectivity index (χ4v) is 2.17. The van der Waals surface area contributed by atoms with Crippen molar-refractivity contribution in [1.29, 1.82) is 0 Å². The molecule has 4 aromatic rings. The number of para-hydroxylation sites is 1. The largest absolute Gasteiger partial charge is 0.355 e. The normalized spacial score (nSPS) is 11.8. The average molecular weight is 209 g/mol. The quantitative estimate of drug-likeness (QED) is 0.447. The average Bonchev–Trinajstić information content (AvgIpc) is 2.98. The molecule has 0 saturated heterocycles. The molecule has 4 heteroatoms. The van der Waals surface area contributed by atoms with Crippen molar-refractivity contribution in [2.24, 2.45) is 0 Å². The molecule has 0 aliphatic rings. The van der Waals surface area contributed by atoms with Crippen molar-refractivity contribution in [3.05, 3.63) is 42.9 Å². The fourth-order valence-electron chi connectivity index (χ4n) is 2.17. The second-order valence-electron chi connectivity index (χ2n) is 3.71. The highest BCUT2D eigenvalue weighted by atomic mass is 16.5. The third-order valence-electron chi connectivity index (χ3n) is 2.86. The third kappa shape index (κ3) is 0.798. The van der Waals surface area contributed by atoms with E-state index in [-0.39, 0.29) is 0 Å². The molecule has 0 aliphatic heterocycles. The molecule has 16 heavy (non-hydrogen) atoms. The summed E-state index contributed by atoms with van der Waals surface area (Å²) in [6, 6.07) is 8.07. The van der Waals surface area contributed by atoms with Gasteiger partial charge in [0.25, 0.3) is 0 Å². The lowest BCUT2D eigenvalue weighted by atomic mass is 10.2. The van der Waals surface area contributed by atoms with Crippen molar-refractivity contribution in [1.82, 2.24) is 14.5 Å². The van der Waals surface area contributed by atoms with Crippen molar-refractivity contribution in [3.8, 4) is 0 Å². The minimum Gasteiger partial charge on any atom is -0.355 e. The van der Waals surface area contributed by atoms with Gasteiger partial charge in [-0.15, -0.1) is 0 Å². The van der Waals surface area contributed by atoms with Crippen LogP contribution in [0.15, 0.2) is 47.4 Å². The number of nitrogens with zero attached hydrogens (tertiary/aromatic N) is 3. The zero-order chi connectivity index (χ0) is 10.5. The van der Waals surface area contributed by atoms with Gasteiger partial charge < -0.3 is 4.52 Å². The highest BCUT2D eigenvalue weighted by Gasteiger charge is 2.11. The lowest BCUT2D eigenvalue weighted by Crippen LogP contribution is -1.87. The second kappa shape index (κ2) is 2.61. The van der Waals surface area contributed by atoms with Crippen molar-refractivity contribution in [3.63, 3.8) is 0 Å². The number of hydrogen-bond donors (Lipinski definition) is 0. The summed E-state index contributed by atoms with van der Waals surface area (Å²) in [5, 5.41) is 5.86. The minimum absolute atomic E-state index is 0.800. The first kappa shape index (κ1) is 7.87. The van der Waals surface area contributed by atoms with Gasteiger partial charge in [0, 0.05) is 17.8 Å².